The highest BCUT2D eigenvalue weighted by Gasteiger charge is 2.47. The first-order chi connectivity index (χ1) is 10.2. The molecule has 21 heavy (non-hydrogen) atoms. The Balaban J connectivity index is 1.35. The van der Waals surface area contributed by atoms with E-state index in [1.807, 2.05) is 0 Å². The molecular formula is C19H34N2. The minimum atomic E-state index is 0.323. The molecule has 0 atom stereocenters. The third-order valence-corrected chi connectivity index (χ3v) is 7.73. The first kappa shape index (κ1) is 14.5. The van der Waals surface area contributed by atoms with Gasteiger partial charge in [-0.2, -0.15) is 0 Å². The van der Waals surface area contributed by atoms with Crippen LogP contribution in [-0.4, -0.2) is 18.8 Å². The van der Waals surface area contributed by atoms with Crippen molar-refractivity contribution in [3.63, 3.8) is 0 Å². The molecule has 0 radical (unpaired) electrons. The van der Waals surface area contributed by atoms with Crippen LogP contribution in [0.25, 0.3) is 0 Å². The molecule has 1 aliphatic heterocycles. The van der Waals surface area contributed by atoms with Gasteiger partial charge in [0.15, 0.2) is 0 Å². The SMILES string of the molecule is C1CCC2(CC1)CCC1(CC2)CCC2(CC1)NCCCN2. The Hall–Kier alpha value is -0.0800. The highest BCUT2D eigenvalue weighted by atomic mass is 15.2. The van der Waals surface area contributed by atoms with E-state index in [1.165, 1.54) is 64.5 Å². The highest BCUT2D eigenvalue weighted by molar-refractivity contribution is 5.01. The van der Waals surface area contributed by atoms with Gasteiger partial charge in [0.05, 0.1) is 5.66 Å². The summed E-state index contributed by atoms with van der Waals surface area (Å²) < 4.78 is 0. The zero-order valence-corrected chi connectivity index (χ0v) is 13.8. The lowest BCUT2D eigenvalue weighted by atomic mass is 9.55. The Bertz CT molecular complexity index is 304. The summed E-state index contributed by atoms with van der Waals surface area (Å²) in [5.74, 6) is 0. The second-order valence-electron chi connectivity index (χ2n) is 8.85. The Labute approximate surface area is 130 Å². The summed E-state index contributed by atoms with van der Waals surface area (Å²) in [6, 6.07) is 0. The van der Waals surface area contributed by atoms with Crippen molar-refractivity contribution >= 4 is 0 Å². The molecule has 4 fully saturated rings. The zero-order chi connectivity index (χ0) is 14.2. The Morgan fingerprint density at radius 1 is 0.429 bits per heavy atom. The molecule has 0 bridgehead atoms. The Morgan fingerprint density at radius 3 is 1.48 bits per heavy atom. The van der Waals surface area contributed by atoms with Crippen LogP contribution in [-0.2, 0) is 0 Å². The van der Waals surface area contributed by atoms with Crippen molar-refractivity contribution < 1.29 is 0 Å². The molecule has 3 aliphatic carbocycles. The quantitative estimate of drug-likeness (QED) is 0.693. The van der Waals surface area contributed by atoms with Crippen molar-refractivity contribution in [1.82, 2.24) is 10.6 Å². The van der Waals surface area contributed by atoms with Crippen molar-refractivity contribution in [2.24, 2.45) is 10.8 Å². The van der Waals surface area contributed by atoms with Crippen LogP contribution in [0.4, 0.5) is 0 Å². The van der Waals surface area contributed by atoms with Gasteiger partial charge in [-0.3, -0.25) is 10.6 Å². The molecule has 0 aromatic carbocycles. The molecule has 3 saturated carbocycles. The second kappa shape index (κ2) is 5.53. The van der Waals surface area contributed by atoms with Gasteiger partial charge in [-0.15, -0.1) is 0 Å². The van der Waals surface area contributed by atoms with E-state index in [0.717, 1.165) is 10.8 Å². The number of hydrogen-bond acceptors (Lipinski definition) is 2. The van der Waals surface area contributed by atoms with Crippen LogP contribution < -0.4 is 10.6 Å². The third kappa shape index (κ3) is 2.79. The summed E-state index contributed by atoms with van der Waals surface area (Å²) in [7, 11) is 0. The van der Waals surface area contributed by atoms with E-state index < -0.39 is 0 Å². The second-order valence-corrected chi connectivity index (χ2v) is 8.85. The molecule has 0 amide bonds. The van der Waals surface area contributed by atoms with Gasteiger partial charge in [-0.25, -0.2) is 0 Å². The molecule has 0 aromatic heterocycles. The zero-order valence-electron chi connectivity index (χ0n) is 13.8. The van der Waals surface area contributed by atoms with E-state index in [0.29, 0.717) is 5.66 Å². The van der Waals surface area contributed by atoms with Gasteiger partial charge >= 0.3 is 0 Å². The first-order valence-electron chi connectivity index (χ1n) is 9.74. The Kier molecular flexibility index (Phi) is 3.82. The van der Waals surface area contributed by atoms with E-state index in [4.69, 9.17) is 0 Å². The van der Waals surface area contributed by atoms with Crippen LogP contribution in [0.2, 0.25) is 0 Å². The van der Waals surface area contributed by atoms with Gasteiger partial charge in [0.2, 0.25) is 0 Å². The summed E-state index contributed by atoms with van der Waals surface area (Å²) in [6.07, 6.45) is 20.8. The predicted octanol–water partition coefficient (Wildman–Crippen LogP) is 4.35. The van der Waals surface area contributed by atoms with E-state index in [-0.39, 0.29) is 0 Å². The van der Waals surface area contributed by atoms with Crippen LogP contribution in [0.1, 0.15) is 89.9 Å². The van der Waals surface area contributed by atoms with Crippen molar-refractivity contribution in [1.29, 1.82) is 0 Å². The van der Waals surface area contributed by atoms with Crippen molar-refractivity contribution in [2.45, 2.75) is 95.6 Å². The summed E-state index contributed by atoms with van der Waals surface area (Å²) in [5, 5.41) is 7.60. The molecular weight excluding hydrogens is 256 g/mol. The van der Waals surface area contributed by atoms with E-state index in [2.05, 4.69) is 10.6 Å². The van der Waals surface area contributed by atoms with Crippen LogP contribution in [0.5, 0.6) is 0 Å². The molecule has 1 heterocycles. The number of nitrogens with one attached hydrogen (secondary N) is 2. The van der Waals surface area contributed by atoms with Crippen molar-refractivity contribution in [3.8, 4) is 0 Å². The van der Waals surface area contributed by atoms with E-state index in [9.17, 15) is 0 Å². The van der Waals surface area contributed by atoms with Crippen molar-refractivity contribution in [3.05, 3.63) is 0 Å². The molecule has 0 aromatic rings. The van der Waals surface area contributed by atoms with Crippen LogP contribution in [0.15, 0.2) is 0 Å². The lowest BCUT2D eigenvalue weighted by molar-refractivity contribution is -0.00680. The van der Waals surface area contributed by atoms with E-state index >= 15 is 0 Å². The largest absolute Gasteiger partial charge is 0.299 e. The van der Waals surface area contributed by atoms with Crippen LogP contribution >= 0.6 is 0 Å². The number of hydrogen-bond donors (Lipinski definition) is 2. The molecule has 1 saturated heterocycles. The molecule has 4 aliphatic rings. The van der Waals surface area contributed by atoms with Crippen LogP contribution in [0, 0.1) is 10.8 Å². The smallest absolute Gasteiger partial charge is 0.0687 e. The van der Waals surface area contributed by atoms with Gasteiger partial charge in [-0.1, -0.05) is 19.3 Å². The first-order valence-corrected chi connectivity index (χ1v) is 9.74. The topological polar surface area (TPSA) is 24.1 Å². The fourth-order valence-corrected chi connectivity index (χ4v) is 5.98. The molecule has 2 N–H and O–H groups in total. The summed E-state index contributed by atoms with van der Waals surface area (Å²) in [6.45, 7) is 2.45. The molecule has 120 valence electrons. The maximum absolute atomic E-state index is 3.80. The monoisotopic (exact) mass is 290 g/mol. The normalized spacial score (nSPS) is 34.3. The van der Waals surface area contributed by atoms with Gasteiger partial charge in [0, 0.05) is 0 Å². The molecule has 0 unspecified atom stereocenters. The molecule has 2 heteroatoms. The standard InChI is InChI=1S/C19H34N2/c1-2-5-17(6-3-1)7-9-18(10-8-17)11-13-19(14-12-18)20-15-4-16-21-19/h20-21H,1-16H2. The molecule has 3 spiro atoms. The van der Waals surface area contributed by atoms with Gasteiger partial charge in [-0.05, 0) is 94.5 Å². The van der Waals surface area contributed by atoms with Gasteiger partial charge < -0.3 is 0 Å². The van der Waals surface area contributed by atoms with Crippen molar-refractivity contribution in [2.75, 3.05) is 13.1 Å². The number of rotatable bonds is 0. The molecule has 2 nitrogen and oxygen atoms in total. The van der Waals surface area contributed by atoms with Gasteiger partial charge in [0.25, 0.3) is 0 Å². The lowest BCUT2D eigenvalue weighted by Crippen LogP contribution is -2.63. The highest BCUT2D eigenvalue weighted by Crippen LogP contribution is 2.57. The van der Waals surface area contributed by atoms with Crippen LogP contribution in [0.3, 0.4) is 0 Å². The third-order valence-electron chi connectivity index (χ3n) is 7.73. The molecule has 4 rings (SSSR count). The fraction of sp³-hybridized carbons (Fsp3) is 1.00. The average molecular weight is 290 g/mol. The maximum Gasteiger partial charge on any atom is 0.0687 e. The average Bonchev–Trinajstić information content (AvgIpc) is 2.56. The summed E-state index contributed by atoms with van der Waals surface area (Å²) in [5.41, 5.74) is 1.85. The minimum absolute atomic E-state index is 0.323. The lowest BCUT2D eigenvalue weighted by Gasteiger charge is -2.54. The summed E-state index contributed by atoms with van der Waals surface area (Å²) in [4.78, 5) is 0. The maximum atomic E-state index is 3.80. The summed E-state index contributed by atoms with van der Waals surface area (Å²) >= 11 is 0. The predicted molar refractivity (Wildman–Crippen MR) is 88.2 cm³/mol. The fourth-order valence-electron chi connectivity index (χ4n) is 5.98. The van der Waals surface area contributed by atoms with Gasteiger partial charge in [0.1, 0.15) is 0 Å². The minimum Gasteiger partial charge on any atom is -0.299 e. The Morgan fingerprint density at radius 2 is 0.905 bits per heavy atom. The van der Waals surface area contributed by atoms with E-state index in [1.54, 1.807) is 38.5 Å².